The first-order valence-corrected chi connectivity index (χ1v) is 5.29. The summed E-state index contributed by atoms with van der Waals surface area (Å²) in [5.74, 6) is 0. The van der Waals surface area contributed by atoms with Crippen molar-refractivity contribution in [1.29, 1.82) is 0 Å². The van der Waals surface area contributed by atoms with Gasteiger partial charge in [-0.2, -0.15) is 0 Å². The van der Waals surface area contributed by atoms with Gasteiger partial charge in [-0.3, -0.25) is 0 Å². The standard InChI is InChI=1S/C12H15BO3/c1-12(2,3)10-8-6-4-5-7-9(8)16-11(10)13(14)15/h4-7,14-15H,1-3H3. The Balaban J connectivity index is 2.80. The second-order valence-electron chi connectivity index (χ2n) is 4.96. The third kappa shape index (κ3) is 1.74. The van der Waals surface area contributed by atoms with Crippen molar-refractivity contribution in [2.45, 2.75) is 26.2 Å². The Hall–Kier alpha value is -1.26. The minimum absolute atomic E-state index is 0.189. The van der Waals surface area contributed by atoms with E-state index in [4.69, 9.17) is 4.42 Å². The van der Waals surface area contributed by atoms with Crippen LogP contribution in [0.25, 0.3) is 11.0 Å². The number of para-hydroxylation sites is 1. The van der Waals surface area contributed by atoms with E-state index in [9.17, 15) is 10.0 Å². The molecule has 1 aromatic heterocycles. The lowest BCUT2D eigenvalue weighted by molar-refractivity contribution is 0.409. The molecule has 16 heavy (non-hydrogen) atoms. The molecule has 4 heteroatoms. The van der Waals surface area contributed by atoms with Crippen molar-refractivity contribution in [3.05, 3.63) is 29.8 Å². The van der Waals surface area contributed by atoms with Crippen molar-refractivity contribution in [1.82, 2.24) is 0 Å². The maximum absolute atomic E-state index is 9.33. The molecule has 0 aliphatic rings. The van der Waals surface area contributed by atoms with Gasteiger partial charge in [0, 0.05) is 10.9 Å². The molecule has 2 N–H and O–H groups in total. The van der Waals surface area contributed by atoms with Gasteiger partial charge in [-0.15, -0.1) is 0 Å². The van der Waals surface area contributed by atoms with Crippen molar-refractivity contribution < 1.29 is 14.5 Å². The number of fused-ring (bicyclic) bond motifs is 1. The molecule has 0 bridgehead atoms. The molecule has 0 aliphatic heterocycles. The lowest BCUT2D eigenvalue weighted by Crippen LogP contribution is -2.35. The summed E-state index contributed by atoms with van der Waals surface area (Å²) in [6.07, 6.45) is 0. The van der Waals surface area contributed by atoms with Crippen LogP contribution in [0.5, 0.6) is 0 Å². The van der Waals surface area contributed by atoms with Gasteiger partial charge in [-0.25, -0.2) is 0 Å². The Labute approximate surface area is 94.8 Å². The molecular formula is C12H15BO3. The second kappa shape index (κ2) is 3.65. The Morgan fingerprint density at radius 1 is 1.12 bits per heavy atom. The summed E-state index contributed by atoms with van der Waals surface area (Å²) in [6.45, 7) is 6.07. The molecule has 0 spiro atoms. The Bertz CT molecular complexity index is 508. The zero-order valence-corrected chi connectivity index (χ0v) is 9.69. The van der Waals surface area contributed by atoms with E-state index >= 15 is 0 Å². The molecule has 1 heterocycles. The maximum Gasteiger partial charge on any atom is 0.526 e. The molecule has 0 radical (unpaired) electrons. The third-order valence-electron chi connectivity index (χ3n) is 2.61. The van der Waals surface area contributed by atoms with Crippen LogP contribution in [0.3, 0.4) is 0 Å². The third-order valence-corrected chi connectivity index (χ3v) is 2.61. The van der Waals surface area contributed by atoms with Crippen molar-refractivity contribution >= 4 is 23.7 Å². The predicted molar refractivity (Wildman–Crippen MR) is 64.7 cm³/mol. The number of rotatable bonds is 1. The van der Waals surface area contributed by atoms with Crippen LogP contribution in [0.1, 0.15) is 26.3 Å². The lowest BCUT2D eigenvalue weighted by atomic mass is 9.75. The van der Waals surface area contributed by atoms with Gasteiger partial charge >= 0.3 is 7.12 Å². The Morgan fingerprint density at radius 2 is 1.75 bits per heavy atom. The molecule has 2 rings (SSSR count). The predicted octanol–water partition coefficient (Wildman–Crippen LogP) is 1.41. The number of hydrogen-bond donors (Lipinski definition) is 2. The Kier molecular flexibility index (Phi) is 2.56. The van der Waals surface area contributed by atoms with Gasteiger partial charge in [0.2, 0.25) is 0 Å². The largest absolute Gasteiger partial charge is 0.526 e. The summed E-state index contributed by atoms with van der Waals surface area (Å²) in [4.78, 5) is 0. The van der Waals surface area contributed by atoms with Crippen LogP contribution in [0, 0.1) is 0 Å². The summed E-state index contributed by atoms with van der Waals surface area (Å²) in [6, 6.07) is 7.55. The number of benzene rings is 1. The quantitative estimate of drug-likeness (QED) is 0.711. The van der Waals surface area contributed by atoms with Gasteiger partial charge in [0.1, 0.15) is 11.2 Å². The van der Waals surface area contributed by atoms with E-state index in [1.807, 2.05) is 45.0 Å². The minimum atomic E-state index is -1.57. The van der Waals surface area contributed by atoms with E-state index in [1.54, 1.807) is 0 Å². The average molecular weight is 218 g/mol. The van der Waals surface area contributed by atoms with E-state index < -0.39 is 7.12 Å². The van der Waals surface area contributed by atoms with E-state index in [-0.39, 0.29) is 11.1 Å². The molecule has 0 saturated carbocycles. The summed E-state index contributed by atoms with van der Waals surface area (Å²) in [7, 11) is -1.57. The summed E-state index contributed by atoms with van der Waals surface area (Å²) >= 11 is 0. The van der Waals surface area contributed by atoms with Crippen LogP contribution in [-0.2, 0) is 5.41 Å². The number of furan rings is 1. The first-order valence-electron chi connectivity index (χ1n) is 5.29. The first kappa shape index (κ1) is 11.2. The molecule has 0 fully saturated rings. The fourth-order valence-corrected chi connectivity index (χ4v) is 2.02. The highest BCUT2D eigenvalue weighted by Crippen LogP contribution is 2.30. The lowest BCUT2D eigenvalue weighted by Gasteiger charge is -2.19. The van der Waals surface area contributed by atoms with Gasteiger partial charge in [0.25, 0.3) is 0 Å². The van der Waals surface area contributed by atoms with Gasteiger partial charge in [-0.1, -0.05) is 39.0 Å². The van der Waals surface area contributed by atoms with Gasteiger partial charge in [-0.05, 0) is 11.5 Å². The monoisotopic (exact) mass is 218 g/mol. The molecule has 84 valence electrons. The van der Waals surface area contributed by atoms with Crippen LogP contribution in [0.4, 0.5) is 0 Å². The van der Waals surface area contributed by atoms with E-state index in [2.05, 4.69) is 0 Å². The zero-order chi connectivity index (χ0) is 11.9. The maximum atomic E-state index is 9.33. The summed E-state index contributed by atoms with van der Waals surface area (Å²) in [5.41, 5.74) is 1.60. The molecule has 0 atom stereocenters. The highest BCUT2D eigenvalue weighted by molar-refractivity contribution is 6.58. The second-order valence-corrected chi connectivity index (χ2v) is 4.96. The Morgan fingerprint density at radius 3 is 2.31 bits per heavy atom. The zero-order valence-electron chi connectivity index (χ0n) is 9.69. The van der Waals surface area contributed by atoms with Crippen LogP contribution in [0.15, 0.2) is 28.7 Å². The van der Waals surface area contributed by atoms with E-state index in [1.165, 1.54) is 0 Å². The van der Waals surface area contributed by atoms with Gasteiger partial charge < -0.3 is 14.5 Å². The van der Waals surface area contributed by atoms with Crippen LogP contribution >= 0.6 is 0 Å². The molecule has 0 unspecified atom stereocenters. The topological polar surface area (TPSA) is 53.6 Å². The van der Waals surface area contributed by atoms with Crippen LogP contribution in [-0.4, -0.2) is 17.2 Å². The summed E-state index contributed by atoms with van der Waals surface area (Å²) < 4.78 is 5.49. The molecule has 0 aliphatic carbocycles. The van der Waals surface area contributed by atoms with E-state index in [0.29, 0.717) is 5.58 Å². The fraction of sp³-hybridized carbons (Fsp3) is 0.333. The minimum Gasteiger partial charge on any atom is -0.464 e. The first-order chi connectivity index (χ1) is 7.41. The molecular weight excluding hydrogens is 203 g/mol. The normalized spacial score (nSPS) is 12.1. The van der Waals surface area contributed by atoms with Gasteiger partial charge in [0.05, 0.1) is 0 Å². The summed E-state index contributed by atoms with van der Waals surface area (Å²) in [5, 5.41) is 19.6. The van der Waals surface area contributed by atoms with Gasteiger partial charge in [0.15, 0.2) is 0 Å². The average Bonchev–Trinajstić information content (AvgIpc) is 2.55. The molecule has 0 amide bonds. The van der Waals surface area contributed by atoms with Crippen molar-refractivity contribution in [2.24, 2.45) is 0 Å². The van der Waals surface area contributed by atoms with Crippen molar-refractivity contribution in [2.75, 3.05) is 0 Å². The fourth-order valence-electron chi connectivity index (χ4n) is 2.02. The molecule has 1 aromatic carbocycles. The SMILES string of the molecule is CC(C)(C)c1c(B(O)O)oc2ccccc12. The van der Waals surface area contributed by atoms with Crippen molar-refractivity contribution in [3.8, 4) is 0 Å². The van der Waals surface area contributed by atoms with E-state index in [0.717, 1.165) is 10.9 Å². The molecule has 2 aromatic rings. The smallest absolute Gasteiger partial charge is 0.464 e. The molecule has 3 nitrogen and oxygen atoms in total. The molecule has 0 saturated heterocycles. The highest BCUT2D eigenvalue weighted by Gasteiger charge is 2.30. The number of hydrogen-bond acceptors (Lipinski definition) is 3. The van der Waals surface area contributed by atoms with Crippen LogP contribution in [0.2, 0.25) is 0 Å². The van der Waals surface area contributed by atoms with Crippen LogP contribution < -0.4 is 5.66 Å². The van der Waals surface area contributed by atoms with Crippen molar-refractivity contribution in [3.63, 3.8) is 0 Å². The highest BCUT2D eigenvalue weighted by atomic mass is 16.4.